The second-order valence-electron chi connectivity index (χ2n) is 9.39. The summed E-state index contributed by atoms with van der Waals surface area (Å²) in [5.41, 5.74) is 9.76. The Morgan fingerprint density at radius 1 is 1.20 bits per heavy atom. The van der Waals surface area contributed by atoms with Gasteiger partial charge in [0.15, 0.2) is 21.6 Å². The van der Waals surface area contributed by atoms with Crippen molar-refractivity contribution in [2.45, 2.75) is 23.6 Å². The van der Waals surface area contributed by atoms with E-state index in [1.54, 1.807) is 23.1 Å². The molecule has 2 aliphatic heterocycles. The molecule has 41 heavy (non-hydrogen) atoms. The molecule has 1 amide bonds. The summed E-state index contributed by atoms with van der Waals surface area (Å²) in [7, 11) is 0. The first kappa shape index (κ1) is 26.6. The number of nitrogens with two attached hydrogens (primary N) is 1. The van der Waals surface area contributed by atoms with Crippen molar-refractivity contribution in [3.8, 4) is 17.6 Å². The number of Topliss-reactive ketones (excluding diaryl/α,β-unsaturated/α-hetero) is 1. The highest BCUT2D eigenvalue weighted by Gasteiger charge is 2.39. The molecule has 1 aliphatic carbocycles. The number of carbonyl (C=O) groups excluding carboxylic acids is 2. The van der Waals surface area contributed by atoms with E-state index in [1.165, 1.54) is 23.1 Å². The number of aromatic nitrogens is 2. The maximum atomic E-state index is 13.2. The fraction of sp³-hybridized carbons (Fsp3) is 0.207. The van der Waals surface area contributed by atoms with Crippen LogP contribution in [0.3, 0.4) is 0 Å². The Morgan fingerprint density at radius 2 is 2.02 bits per heavy atom. The molecule has 0 radical (unpaired) electrons. The summed E-state index contributed by atoms with van der Waals surface area (Å²) in [6.07, 6.45) is 5.49. The average molecular weight is 585 g/mol. The van der Waals surface area contributed by atoms with E-state index in [4.69, 9.17) is 15.2 Å². The van der Waals surface area contributed by atoms with E-state index in [9.17, 15) is 14.9 Å². The number of ketones is 1. The highest BCUT2D eigenvalue weighted by Crippen LogP contribution is 2.44. The molecule has 2 aromatic carbocycles. The maximum absolute atomic E-state index is 13.2. The van der Waals surface area contributed by atoms with Crippen molar-refractivity contribution in [1.82, 2.24) is 10.2 Å². The molecule has 6 rings (SSSR count). The predicted octanol–water partition coefficient (Wildman–Crippen LogP) is 4.85. The summed E-state index contributed by atoms with van der Waals surface area (Å²) in [6.45, 7) is 0.159. The summed E-state index contributed by atoms with van der Waals surface area (Å²) < 4.78 is 11.2. The minimum atomic E-state index is -0.541. The lowest BCUT2D eigenvalue weighted by Gasteiger charge is -2.37. The lowest BCUT2D eigenvalue weighted by molar-refractivity contribution is -0.116. The summed E-state index contributed by atoms with van der Waals surface area (Å²) in [4.78, 5) is 27.5. The second-order valence-corrected chi connectivity index (χ2v) is 11.6. The van der Waals surface area contributed by atoms with Crippen LogP contribution in [0.15, 0.2) is 81.6 Å². The van der Waals surface area contributed by atoms with Crippen LogP contribution in [0.4, 0.5) is 10.8 Å². The molecule has 0 fully saturated rings. The number of nitriles is 1. The molecule has 1 aromatic heterocycles. The van der Waals surface area contributed by atoms with Crippen LogP contribution in [0.5, 0.6) is 11.5 Å². The maximum Gasteiger partial charge on any atom is 0.234 e. The lowest BCUT2D eigenvalue weighted by atomic mass is 9.79. The number of hydrogen-bond acceptors (Lipinski definition) is 11. The zero-order valence-electron chi connectivity index (χ0n) is 21.7. The van der Waals surface area contributed by atoms with Gasteiger partial charge in [0.05, 0.1) is 17.4 Å². The third kappa shape index (κ3) is 5.41. The zero-order valence-corrected chi connectivity index (χ0v) is 23.3. The summed E-state index contributed by atoms with van der Waals surface area (Å²) >= 11 is 2.49. The third-order valence-electron chi connectivity index (χ3n) is 6.81. The zero-order chi connectivity index (χ0) is 28.3. The Labute approximate surface area is 244 Å². The third-order valence-corrected chi connectivity index (χ3v) is 8.85. The molecule has 0 saturated heterocycles. The van der Waals surface area contributed by atoms with Crippen LogP contribution in [0.2, 0.25) is 0 Å². The monoisotopic (exact) mass is 584 g/mol. The number of benzene rings is 2. The molecule has 3 aliphatic rings. The Morgan fingerprint density at radius 3 is 2.85 bits per heavy atom. The minimum Gasteiger partial charge on any atom is -0.454 e. The molecular formula is C29H24N6O4S2. The van der Waals surface area contributed by atoms with Crippen LogP contribution >= 0.6 is 23.1 Å². The predicted molar refractivity (Wildman–Crippen MR) is 156 cm³/mol. The van der Waals surface area contributed by atoms with E-state index < -0.39 is 5.92 Å². The van der Waals surface area contributed by atoms with Crippen LogP contribution in [0.1, 0.15) is 24.8 Å². The smallest absolute Gasteiger partial charge is 0.234 e. The van der Waals surface area contributed by atoms with Crippen LogP contribution in [0.25, 0.3) is 6.08 Å². The van der Waals surface area contributed by atoms with Gasteiger partial charge in [-0.1, -0.05) is 65.6 Å². The van der Waals surface area contributed by atoms with E-state index in [0.29, 0.717) is 57.1 Å². The van der Waals surface area contributed by atoms with Crippen molar-refractivity contribution in [2.24, 2.45) is 11.7 Å². The fourth-order valence-corrected chi connectivity index (χ4v) is 6.64. The van der Waals surface area contributed by atoms with Gasteiger partial charge in [-0.05, 0) is 30.5 Å². The normalized spacial score (nSPS) is 18.1. The number of thioether (sulfide) groups is 1. The highest BCUT2D eigenvalue weighted by molar-refractivity contribution is 8.01. The van der Waals surface area contributed by atoms with Crippen LogP contribution in [0, 0.1) is 17.2 Å². The lowest BCUT2D eigenvalue weighted by Crippen LogP contribution is -2.39. The Hall–Kier alpha value is -4.60. The van der Waals surface area contributed by atoms with Gasteiger partial charge < -0.3 is 20.5 Å². The van der Waals surface area contributed by atoms with Crippen molar-refractivity contribution in [3.63, 3.8) is 0 Å². The Kier molecular flexibility index (Phi) is 7.45. The quantitative estimate of drug-likeness (QED) is 0.370. The summed E-state index contributed by atoms with van der Waals surface area (Å²) in [5, 5.41) is 22.0. The van der Waals surface area contributed by atoms with E-state index in [0.717, 1.165) is 11.3 Å². The van der Waals surface area contributed by atoms with Gasteiger partial charge in [-0.15, -0.1) is 10.2 Å². The number of nitrogens with one attached hydrogen (secondary N) is 1. The molecule has 1 unspecified atom stereocenters. The molecule has 3 N–H and O–H groups in total. The van der Waals surface area contributed by atoms with Gasteiger partial charge in [0.2, 0.25) is 17.8 Å². The van der Waals surface area contributed by atoms with E-state index in [-0.39, 0.29) is 30.1 Å². The number of hydrogen-bond donors (Lipinski definition) is 2. The number of carbonyl (C=O) groups is 2. The number of ether oxygens (including phenoxy) is 2. The van der Waals surface area contributed by atoms with Gasteiger partial charge in [-0.3, -0.25) is 14.5 Å². The topological polar surface area (TPSA) is 143 Å². The second kappa shape index (κ2) is 11.5. The minimum absolute atomic E-state index is 0.00138. The number of rotatable bonds is 7. The molecule has 3 aromatic rings. The molecule has 3 heterocycles. The first-order valence-corrected chi connectivity index (χ1v) is 14.7. The number of anilines is 2. The largest absolute Gasteiger partial charge is 0.454 e. The number of fused-ring (bicyclic) bond motifs is 1. The molecule has 0 bridgehead atoms. The molecule has 12 heteroatoms. The van der Waals surface area contributed by atoms with Crippen molar-refractivity contribution >= 4 is 51.7 Å². The van der Waals surface area contributed by atoms with E-state index in [2.05, 4.69) is 21.6 Å². The van der Waals surface area contributed by atoms with Gasteiger partial charge in [0, 0.05) is 35.4 Å². The average Bonchev–Trinajstić information content (AvgIpc) is 3.65. The molecule has 206 valence electrons. The van der Waals surface area contributed by atoms with Gasteiger partial charge in [-0.25, -0.2) is 0 Å². The number of amides is 1. The van der Waals surface area contributed by atoms with Crippen LogP contribution in [-0.4, -0.2) is 34.4 Å². The molecular weight excluding hydrogens is 560 g/mol. The van der Waals surface area contributed by atoms with E-state index in [1.807, 2.05) is 42.5 Å². The summed E-state index contributed by atoms with van der Waals surface area (Å²) in [5.74, 6) is 0.806. The van der Waals surface area contributed by atoms with Gasteiger partial charge >= 0.3 is 0 Å². The summed E-state index contributed by atoms with van der Waals surface area (Å²) in [6, 6.07) is 17.1. The van der Waals surface area contributed by atoms with Crippen LogP contribution < -0.4 is 25.4 Å². The standard InChI is InChI=1S/C29H24N6O4S2/c30-14-20-19(11-9-17-5-2-1-3-6-17)26-21(7-4-8-22(26)36)35(27(20)31)28-33-34-29(41-28)40-15-25(37)32-18-10-12-23-24(13-18)39-16-38-23/h1-3,5-6,9-13,19H,4,7-8,15-16,31H2,(H,32,37)/b11-9+. The molecule has 1 atom stereocenters. The number of allylic oxidation sites excluding steroid dienone is 4. The van der Waals surface area contributed by atoms with E-state index >= 15 is 0 Å². The fourth-order valence-electron chi connectivity index (χ4n) is 4.96. The van der Waals surface area contributed by atoms with Gasteiger partial charge in [0.1, 0.15) is 5.82 Å². The molecule has 0 spiro atoms. The van der Waals surface area contributed by atoms with Gasteiger partial charge in [-0.2, -0.15) is 5.26 Å². The molecule has 10 nitrogen and oxygen atoms in total. The van der Waals surface area contributed by atoms with Crippen molar-refractivity contribution in [2.75, 3.05) is 22.8 Å². The first-order valence-electron chi connectivity index (χ1n) is 12.9. The molecule has 0 saturated carbocycles. The Balaban J connectivity index is 1.21. The van der Waals surface area contributed by atoms with Crippen molar-refractivity contribution < 1.29 is 19.1 Å². The van der Waals surface area contributed by atoms with Crippen molar-refractivity contribution in [3.05, 3.63) is 82.8 Å². The highest BCUT2D eigenvalue weighted by atomic mass is 32.2. The Bertz CT molecular complexity index is 1660. The first-order chi connectivity index (χ1) is 20.0. The SMILES string of the molecule is N#CC1=C(N)N(c2nnc(SCC(=O)Nc3ccc4c(c3)OCO4)s2)C2=C(C(=O)CCC2)C1/C=C/c1ccccc1. The van der Waals surface area contributed by atoms with Gasteiger partial charge in [0.25, 0.3) is 0 Å². The van der Waals surface area contributed by atoms with Crippen molar-refractivity contribution in [1.29, 1.82) is 5.26 Å². The number of nitrogens with zero attached hydrogens (tertiary/aromatic N) is 4. The van der Waals surface area contributed by atoms with Crippen LogP contribution in [-0.2, 0) is 9.59 Å².